The molecule has 7 heteroatoms. The molecule has 2 heterocycles. The van der Waals surface area contributed by atoms with E-state index in [9.17, 15) is 14.4 Å². The Kier molecular flexibility index (Phi) is 3.02. The average molecular weight is 303 g/mol. The predicted octanol–water partition coefficient (Wildman–Crippen LogP) is 1.17. The number of hydrogen-bond donors (Lipinski definition) is 1. The Morgan fingerprint density at radius 1 is 1.38 bits per heavy atom. The molecule has 0 aliphatic carbocycles. The quantitative estimate of drug-likeness (QED) is 0.802. The lowest BCUT2D eigenvalue weighted by Crippen LogP contribution is -2.65. The molecule has 0 spiro atoms. The number of imide groups is 1. The zero-order valence-electron chi connectivity index (χ0n) is 11.5. The number of rotatable bonds is 1. The van der Waals surface area contributed by atoms with Crippen molar-refractivity contribution in [3.05, 3.63) is 29.3 Å². The second-order valence-electron chi connectivity index (χ2n) is 5.36. The zero-order valence-corrected chi connectivity index (χ0v) is 12.4. The number of nitrogens with zero attached hydrogens (tertiary/aromatic N) is 2. The summed E-state index contributed by atoms with van der Waals surface area (Å²) in [6.07, 6.45) is 0. The number of fused-ring (bicyclic) bond motifs is 1. The average Bonchev–Trinajstić information content (AvgIpc) is 2.89. The van der Waals surface area contributed by atoms with E-state index in [0.717, 1.165) is 10.2 Å². The number of nitrogens with one attached hydrogen (secondary N) is 1. The van der Waals surface area contributed by atoms with Gasteiger partial charge in [0, 0.05) is 5.56 Å². The lowest BCUT2D eigenvalue weighted by atomic mass is 9.97. The van der Waals surface area contributed by atoms with Crippen LogP contribution in [0.5, 0.6) is 0 Å². The molecule has 0 unspecified atom stereocenters. The number of hydrogen-bond acceptors (Lipinski definition) is 5. The highest BCUT2D eigenvalue weighted by molar-refractivity contribution is 7.16. The predicted molar refractivity (Wildman–Crippen MR) is 77.9 cm³/mol. The Balaban J connectivity index is 1.99. The molecule has 108 valence electrons. The Morgan fingerprint density at radius 3 is 2.90 bits per heavy atom. The molecule has 0 bridgehead atoms. The van der Waals surface area contributed by atoms with Gasteiger partial charge in [-0.1, -0.05) is 0 Å². The third-order valence-electron chi connectivity index (χ3n) is 3.61. The summed E-state index contributed by atoms with van der Waals surface area (Å²) in [5.41, 5.74) is 1.92. The second-order valence-corrected chi connectivity index (χ2v) is 6.25. The van der Waals surface area contributed by atoms with Gasteiger partial charge >= 0.3 is 0 Å². The van der Waals surface area contributed by atoms with Gasteiger partial charge in [0.15, 0.2) is 0 Å². The minimum Gasteiger partial charge on any atom is -0.315 e. The smallest absolute Gasteiger partial charge is 0.255 e. The number of thiazole rings is 1. The monoisotopic (exact) mass is 303 g/mol. The molecule has 0 radical (unpaired) electrons. The fourth-order valence-electron chi connectivity index (χ4n) is 2.25. The van der Waals surface area contributed by atoms with Crippen LogP contribution in [0.3, 0.4) is 0 Å². The highest BCUT2D eigenvalue weighted by atomic mass is 32.1. The molecule has 1 aliphatic rings. The van der Waals surface area contributed by atoms with E-state index in [4.69, 9.17) is 0 Å². The summed E-state index contributed by atoms with van der Waals surface area (Å²) in [7, 11) is 0. The van der Waals surface area contributed by atoms with Gasteiger partial charge in [0.05, 0.1) is 15.7 Å². The number of piperazine rings is 1. The van der Waals surface area contributed by atoms with Gasteiger partial charge in [-0.05, 0) is 32.0 Å². The van der Waals surface area contributed by atoms with Crippen molar-refractivity contribution in [2.24, 2.45) is 0 Å². The van der Waals surface area contributed by atoms with Crippen LogP contribution >= 0.6 is 11.3 Å². The van der Waals surface area contributed by atoms with Gasteiger partial charge in [-0.25, -0.2) is 4.98 Å². The van der Waals surface area contributed by atoms with E-state index in [1.165, 1.54) is 16.2 Å². The molecule has 1 N–H and O–H groups in total. The van der Waals surface area contributed by atoms with Gasteiger partial charge in [0.2, 0.25) is 5.91 Å². The van der Waals surface area contributed by atoms with E-state index >= 15 is 0 Å². The number of amides is 3. The number of carbonyl (C=O) groups is 3. The molecule has 1 aromatic carbocycles. The fourth-order valence-corrected chi connectivity index (χ4v) is 2.97. The lowest BCUT2D eigenvalue weighted by molar-refractivity contribution is -0.143. The normalized spacial score (nSPS) is 17.9. The molecule has 0 saturated carbocycles. The minimum absolute atomic E-state index is 0.127. The molecule has 0 atom stereocenters. The van der Waals surface area contributed by atoms with Crippen molar-refractivity contribution in [1.29, 1.82) is 0 Å². The Bertz CT molecular complexity index is 766. The fraction of sp³-hybridized carbons (Fsp3) is 0.286. The number of carbonyl (C=O) groups excluding carboxylic acids is 3. The molecule has 3 amide bonds. The third kappa shape index (κ3) is 2.19. The molecule has 6 nitrogen and oxygen atoms in total. The van der Waals surface area contributed by atoms with Crippen molar-refractivity contribution in [1.82, 2.24) is 15.2 Å². The van der Waals surface area contributed by atoms with E-state index in [-0.39, 0.29) is 12.5 Å². The largest absolute Gasteiger partial charge is 0.315 e. The third-order valence-corrected chi connectivity index (χ3v) is 4.40. The molecule has 1 aliphatic heterocycles. The zero-order chi connectivity index (χ0) is 15.2. The van der Waals surface area contributed by atoms with Gasteiger partial charge < -0.3 is 4.90 Å². The van der Waals surface area contributed by atoms with E-state index in [0.29, 0.717) is 5.56 Å². The topological polar surface area (TPSA) is 79.4 Å². The van der Waals surface area contributed by atoms with Gasteiger partial charge in [-0.3, -0.25) is 19.7 Å². The van der Waals surface area contributed by atoms with Crippen LogP contribution in [-0.2, 0) is 9.59 Å². The lowest BCUT2D eigenvalue weighted by Gasteiger charge is -2.40. The summed E-state index contributed by atoms with van der Waals surface area (Å²) >= 11 is 1.44. The first kappa shape index (κ1) is 13.7. The molecular weight excluding hydrogens is 290 g/mol. The standard InChI is InChI=1S/C14H13N3O3S/c1-14(2)13(20)16-11(18)6-17(14)12(19)8-3-4-9-10(5-8)21-7-15-9/h3-5,7H,6H2,1-2H3,(H,16,18,20). The van der Waals surface area contributed by atoms with Gasteiger partial charge in [-0.15, -0.1) is 11.3 Å². The molecule has 1 fully saturated rings. The maximum absolute atomic E-state index is 12.6. The van der Waals surface area contributed by atoms with E-state index in [1.807, 2.05) is 0 Å². The Morgan fingerprint density at radius 2 is 2.14 bits per heavy atom. The molecule has 21 heavy (non-hydrogen) atoms. The first-order valence-electron chi connectivity index (χ1n) is 6.39. The van der Waals surface area contributed by atoms with Crippen LogP contribution in [0.15, 0.2) is 23.7 Å². The summed E-state index contributed by atoms with van der Waals surface area (Å²) in [5, 5.41) is 2.25. The van der Waals surface area contributed by atoms with Crippen LogP contribution in [-0.4, -0.2) is 39.7 Å². The Labute approximate surface area is 124 Å². The number of benzene rings is 1. The van der Waals surface area contributed by atoms with E-state index in [1.54, 1.807) is 37.6 Å². The highest BCUT2D eigenvalue weighted by Gasteiger charge is 2.43. The molecule has 3 rings (SSSR count). The summed E-state index contributed by atoms with van der Waals surface area (Å²) in [4.78, 5) is 41.6. The summed E-state index contributed by atoms with van der Waals surface area (Å²) in [6, 6.07) is 5.16. The van der Waals surface area contributed by atoms with Crippen molar-refractivity contribution >= 4 is 39.3 Å². The second kappa shape index (κ2) is 4.63. The van der Waals surface area contributed by atoms with Crippen LogP contribution in [0.1, 0.15) is 24.2 Å². The van der Waals surface area contributed by atoms with Crippen LogP contribution in [0.25, 0.3) is 10.2 Å². The van der Waals surface area contributed by atoms with Gasteiger partial charge in [0.1, 0.15) is 12.1 Å². The molecule has 2 aromatic rings. The molecular formula is C14H13N3O3S. The van der Waals surface area contributed by atoms with E-state index in [2.05, 4.69) is 10.3 Å². The molecule has 1 aromatic heterocycles. The minimum atomic E-state index is -1.06. The van der Waals surface area contributed by atoms with Crippen LogP contribution < -0.4 is 5.32 Å². The van der Waals surface area contributed by atoms with Crippen LogP contribution in [0, 0.1) is 0 Å². The summed E-state index contributed by atoms with van der Waals surface area (Å²) in [6.45, 7) is 3.12. The highest BCUT2D eigenvalue weighted by Crippen LogP contribution is 2.24. The summed E-state index contributed by atoms with van der Waals surface area (Å²) in [5.74, 6) is -1.27. The van der Waals surface area contributed by atoms with Gasteiger partial charge in [-0.2, -0.15) is 0 Å². The van der Waals surface area contributed by atoms with Gasteiger partial charge in [0.25, 0.3) is 11.8 Å². The van der Waals surface area contributed by atoms with Crippen LogP contribution in [0.2, 0.25) is 0 Å². The molecule has 1 saturated heterocycles. The first-order chi connectivity index (χ1) is 9.89. The SMILES string of the molecule is CC1(C)C(=O)NC(=O)CN1C(=O)c1ccc2ncsc2c1. The maximum atomic E-state index is 12.6. The van der Waals surface area contributed by atoms with Crippen molar-refractivity contribution in [3.63, 3.8) is 0 Å². The Hall–Kier alpha value is -2.28. The van der Waals surface area contributed by atoms with Crippen LogP contribution in [0.4, 0.5) is 0 Å². The maximum Gasteiger partial charge on any atom is 0.255 e. The first-order valence-corrected chi connectivity index (χ1v) is 7.27. The van der Waals surface area contributed by atoms with E-state index < -0.39 is 17.4 Å². The number of aromatic nitrogens is 1. The van der Waals surface area contributed by atoms with Crippen molar-refractivity contribution in [2.75, 3.05) is 6.54 Å². The van der Waals surface area contributed by atoms with Crippen molar-refractivity contribution in [2.45, 2.75) is 19.4 Å². The summed E-state index contributed by atoms with van der Waals surface area (Å²) < 4.78 is 0.895. The van der Waals surface area contributed by atoms with Crippen molar-refractivity contribution in [3.8, 4) is 0 Å². The van der Waals surface area contributed by atoms with Crippen molar-refractivity contribution < 1.29 is 14.4 Å².